The van der Waals surface area contributed by atoms with Crippen molar-refractivity contribution in [1.29, 1.82) is 0 Å². The van der Waals surface area contributed by atoms with E-state index in [1.54, 1.807) is 7.11 Å². The monoisotopic (exact) mass is 338 g/mol. The van der Waals surface area contributed by atoms with E-state index in [-0.39, 0.29) is 0 Å². The van der Waals surface area contributed by atoms with Crippen LogP contribution in [0.1, 0.15) is 6.42 Å². The van der Waals surface area contributed by atoms with Gasteiger partial charge in [0.25, 0.3) is 0 Å². The average Bonchev–Trinajstić information content (AvgIpc) is 2.24. The lowest BCUT2D eigenvalue weighted by molar-refractivity contribution is 0.271. The van der Waals surface area contributed by atoms with Crippen LogP contribution in [0.5, 0.6) is 0 Å². The minimum Gasteiger partial charge on any atom is -0.437 e. The number of hydrogen-bond donors (Lipinski definition) is 2. The molecule has 0 heterocycles. The first-order valence-corrected chi connectivity index (χ1v) is 16.1. The van der Waals surface area contributed by atoms with E-state index in [4.69, 9.17) is 18.4 Å². The number of nitrogens with one attached hydrogen (secondary N) is 1. The predicted molar refractivity (Wildman–Crippen MR) is 93.0 cm³/mol. The summed E-state index contributed by atoms with van der Waals surface area (Å²) in [7, 11) is -4.06. The molecule has 0 saturated heterocycles. The Bertz CT molecular complexity index is 275. The summed E-state index contributed by atoms with van der Waals surface area (Å²) in [6, 6.07) is 0.979. The summed E-state index contributed by atoms with van der Waals surface area (Å²) in [5.74, 6) is 0. The molecule has 0 amide bonds. The van der Waals surface area contributed by atoms with Crippen LogP contribution in [0.3, 0.4) is 0 Å². The van der Waals surface area contributed by atoms with Gasteiger partial charge in [0.2, 0.25) is 0 Å². The van der Waals surface area contributed by atoms with Crippen LogP contribution < -0.4 is 11.1 Å². The van der Waals surface area contributed by atoms with E-state index < -0.39 is 25.4 Å². The molecule has 0 aliphatic rings. The topological polar surface area (TPSA) is 65.7 Å². The predicted octanol–water partition coefficient (Wildman–Crippen LogP) is 2.21. The summed E-state index contributed by atoms with van der Waals surface area (Å²) in [6.07, 6.45) is 1.05. The molecule has 0 saturated carbocycles. The molecule has 1 unspecified atom stereocenters. The fraction of sp³-hybridized carbons (Fsp3) is 1.00. The second kappa shape index (κ2) is 8.79. The molecule has 8 heteroatoms. The Morgan fingerprint density at radius 3 is 2.00 bits per heavy atom. The molecular formula is C12H34N2O3Si3. The first-order chi connectivity index (χ1) is 9.04. The van der Waals surface area contributed by atoms with Gasteiger partial charge >= 0.3 is 17.1 Å². The van der Waals surface area contributed by atoms with Gasteiger partial charge in [0.05, 0.1) is 0 Å². The van der Waals surface area contributed by atoms with Gasteiger partial charge in [0.1, 0.15) is 0 Å². The molecular weight excluding hydrogens is 304 g/mol. The number of nitrogens with two attached hydrogens (primary N) is 1. The molecule has 0 rings (SSSR count). The maximum Gasteiger partial charge on any atom is 0.325 e. The Labute approximate surface area is 128 Å². The highest BCUT2D eigenvalue weighted by Crippen LogP contribution is 2.24. The van der Waals surface area contributed by atoms with Crippen molar-refractivity contribution in [3.8, 4) is 0 Å². The quantitative estimate of drug-likeness (QED) is 0.447. The van der Waals surface area contributed by atoms with E-state index in [9.17, 15) is 0 Å². The van der Waals surface area contributed by atoms with Crippen LogP contribution in [0.15, 0.2) is 0 Å². The Morgan fingerprint density at radius 2 is 1.55 bits per heavy atom. The van der Waals surface area contributed by atoms with Crippen LogP contribution >= 0.6 is 0 Å². The molecule has 20 heavy (non-hydrogen) atoms. The van der Waals surface area contributed by atoms with Crippen LogP contribution in [0, 0.1) is 0 Å². The number of rotatable bonds is 11. The van der Waals surface area contributed by atoms with Gasteiger partial charge in [0.15, 0.2) is 8.32 Å². The van der Waals surface area contributed by atoms with Gasteiger partial charge in [-0.1, -0.05) is 0 Å². The van der Waals surface area contributed by atoms with Crippen LogP contribution in [-0.4, -0.2) is 52.2 Å². The minimum atomic E-state index is -2.13. The molecule has 0 bridgehead atoms. The normalized spacial score (nSPS) is 16.2. The molecule has 5 nitrogen and oxygen atoms in total. The lowest BCUT2D eigenvalue weighted by atomic mass is 10.5. The van der Waals surface area contributed by atoms with Gasteiger partial charge in [-0.3, -0.25) is 0 Å². The third-order valence-electron chi connectivity index (χ3n) is 2.75. The molecule has 0 aliphatic carbocycles. The highest BCUT2D eigenvalue weighted by molar-refractivity contribution is 6.86. The maximum atomic E-state index is 6.37. The van der Waals surface area contributed by atoms with Crippen molar-refractivity contribution in [3.05, 3.63) is 0 Å². The average molecular weight is 339 g/mol. The van der Waals surface area contributed by atoms with Crippen molar-refractivity contribution in [2.24, 2.45) is 5.73 Å². The molecule has 0 aliphatic heterocycles. The van der Waals surface area contributed by atoms with Gasteiger partial charge in [-0.05, 0) is 58.3 Å². The van der Waals surface area contributed by atoms with Crippen molar-refractivity contribution >= 4 is 25.4 Å². The van der Waals surface area contributed by atoms with E-state index in [0.29, 0.717) is 6.54 Å². The second-order valence-corrected chi connectivity index (χ2v) is 18.5. The molecule has 0 fully saturated rings. The zero-order chi connectivity index (χ0) is 15.9. The Kier molecular flexibility index (Phi) is 8.99. The lowest BCUT2D eigenvalue weighted by Crippen LogP contribution is -2.53. The van der Waals surface area contributed by atoms with Crippen LogP contribution in [0.2, 0.25) is 45.3 Å². The fourth-order valence-electron chi connectivity index (χ4n) is 2.23. The van der Waals surface area contributed by atoms with Gasteiger partial charge in [-0.15, -0.1) is 0 Å². The SMILES string of the molecule is CO[Si](C)(CCCNCCN)O[Si](C)(C)O[Si](C)(C)C. The highest BCUT2D eigenvalue weighted by atomic mass is 28.5. The van der Waals surface area contributed by atoms with Crippen molar-refractivity contribution in [1.82, 2.24) is 5.32 Å². The molecule has 3 N–H and O–H groups in total. The highest BCUT2D eigenvalue weighted by Gasteiger charge is 2.41. The lowest BCUT2D eigenvalue weighted by Gasteiger charge is -2.37. The van der Waals surface area contributed by atoms with Gasteiger partial charge in [-0.2, -0.15) is 0 Å². The summed E-state index contributed by atoms with van der Waals surface area (Å²) in [5, 5.41) is 3.31. The molecule has 0 radical (unpaired) electrons. The summed E-state index contributed by atoms with van der Waals surface area (Å²) in [6.45, 7) is 15.5. The second-order valence-electron chi connectivity index (χ2n) is 6.70. The zero-order valence-corrected chi connectivity index (χ0v) is 17.3. The third kappa shape index (κ3) is 10.2. The molecule has 1 atom stereocenters. The smallest absolute Gasteiger partial charge is 0.325 e. The summed E-state index contributed by atoms with van der Waals surface area (Å²) < 4.78 is 18.3. The Morgan fingerprint density at radius 1 is 0.950 bits per heavy atom. The van der Waals surface area contributed by atoms with E-state index >= 15 is 0 Å². The Hall–Kier alpha value is 0.451. The van der Waals surface area contributed by atoms with E-state index in [0.717, 1.165) is 25.6 Å². The fourth-order valence-corrected chi connectivity index (χ4v) is 14.6. The van der Waals surface area contributed by atoms with Crippen LogP contribution in [-0.2, 0) is 12.7 Å². The zero-order valence-electron chi connectivity index (χ0n) is 14.3. The van der Waals surface area contributed by atoms with Crippen LogP contribution in [0.25, 0.3) is 0 Å². The standard InChI is InChI=1S/C12H34N2O3Si3/c1-15-20(7,12-8-10-14-11-9-13)17-19(5,6)16-18(2,3)4/h14H,8-13H2,1-7H3. The van der Waals surface area contributed by atoms with Gasteiger partial charge in [0, 0.05) is 20.2 Å². The molecule has 0 aromatic heterocycles. The maximum absolute atomic E-state index is 6.37. The summed E-state index contributed by atoms with van der Waals surface area (Å²) >= 11 is 0. The third-order valence-corrected chi connectivity index (χ3v) is 13.0. The van der Waals surface area contributed by atoms with Crippen molar-refractivity contribution in [3.63, 3.8) is 0 Å². The molecule has 0 aromatic carbocycles. The Balaban J connectivity index is 4.34. The first-order valence-electron chi connectivity index (χ1n) is 7.40. The summed E-state index contributed by atoms with van der Waals surface area (Å²) in [4.78, 5) is 0. The molecule has 122 valence electrons. The van der Waals surface area contributed by atoms with E-state index in [1.807, 2.05) is 0 Å². The molecule has 0 aromatic rings. The van der Waals surface area contributed by atoms with Gasteiger partial charge in [-0.25, -0.2) is 0 Å². The van der Waals surface area contributed by atoms with Crippen molar-refractivity contribution in [2.45, 2.75) is 51.7 Å². The number of hydrogen-bond acceptors (Lipinski definition) is 5. The van der Waals surface area contributed by atoms with E-state index in [1.165, 1.54) is 0 Å². The van der Waals surface area contributed by atoms with Crippen molar-refractivity contribution in [2.75, 3.05) is 26.7 Å². The van der Waals surface area contributed by atoms with E-state index in [2.05, 4.69) is 44.6 Å². The van der Waals surface area contributed by atoms with Crippen LogP contribution in [0.4, 0.5) is 0 Å². The minimum absolute atomic E-state index is 0.680. The largest absolute Gasteiger partial charge is 0.437 e. The molecule has 0 spiro atoms. The first kappa shape index (κ1) is 20.5. The van der Waals surface area contributed by atoms with Crippen molar-refractivity contribution < 1.29 is 12.7 Å². The summed E-state index contributed by atoms with van der Waals surface area (Å²) in [5.41, 5.74) is 5.45. The van der Waals surface area contributed by atoms with Gasteiger partial charge < -0.3 is 23.7 Å².